The maximum Gasteiger partial charge on any atom is 0.0840 e. The van der Waals surface area contributed by atoms with Crippen molar-refractivity contribution in [2.75, 3.05) is 13.6 Å². The lowest BCUT2D eigenvalue weighted by molar-refractivity contribution is 0.317. The largest absolute Gasteiger partial charge is 0.299 e. The van der Waals surface area contributed by atoms with E-state index in [1.54, 1.807) is 6.07 Å². The normalized spacial score (nSPS) is 25.8. The van der Waals surface area contributed by atoms with Gasteiger partial charge in [-0.2, -0.15) is 0 Å². The molecule has 1 aliphatic heterocycles. The highest BCUT2D eigenvalue weighted by atomic mass is 15.1. The zero-order chi connectivity index (χ0) is 9.26. The van der Waals surface area contributed by atoms with Gasteiger partial charge in [-0.05, 0) is 38.1 Å². The highest BCUT2D eigenvalue weighted by Crippen LogP contribution is 2.29. The lowest BCUT2D eigenvalue weighted by Gasteiger charge is -2.18. The van der Waals surface area contributed by atoms with Crippen LogP contribution in [0.5, 0.6) is 0 Å². The zero-order valence-corrected chi connectivity index (χ0v) is 7.33. The van der Waals surface area contributed by atoms with E-state index in [2.05, 4.69) is 16.9 Å². The second kappa shape index (κ2) is 3.23. The molecule has 1 fully saturated rings. The number of hydrogen-bond donors (Lipinski definition) is 0. The van der Waals surface area contributed by atoms with Gasteiger partial charge >= 0.3 is 0 Å². The summed E-state index contributed by atoms with van der Waals surface area (Å²) in [5, 5.41) is 0. The van der Waals surface area contributed by atoms with Crippen LogP contribution in [0.15, 0.2) is 24.5 Å². The molecule has 2 heteroatoms. The summed E-state index contributed by atoms with van der Waals surface area (Å²) in [6, 6.07) is 4.30. The lowest BCUT2D eigenvalue weighted by atomic mass is 10.1. The van der Waals surface area contributed by atoms with Gasteiger partial charge in [0.2, 0.25) is 0 Å². The first-order chi connectivity index (χ1) is 6.27. The van der Waals surface area contributed by atoms with Gasteiger partial charge < -0.3 is 0 Å². The Kier molecular flexibility index (Phi) is 1.78. The topological polar surface area (TPSA) is 16.1 Å². The molecule has 0 aromatic carbocycles. The number of nitrogens with zero attached hydrogens (tertiary/aromatic N) is 2. The second-order valence-corrected chi connectivity index (χ2v) is 3.36. The summed E-state index contributed by atoms with van der Waals surface area (Å²) >= 11 is 0. The standard InChI is InChI=1S/C10H14N2/c1-12-7-3-5-10(12)9-4-2-6-11-8-9/h2,4,6,8,10H,3,5,7H2,1H3/t10-/m0/s1/i6D. The molecule has 1 aliphatic rings. The fourth-order valence-electron chi connectivity index (χ4n) is 1.86. The van der Waals surface area contributed by atoms with E-state index in [1.165, 1.54) is 24.9 Å². The third-order valence-electron chi connectivity index (χ3n) is 2.54. The molecule has 0 radical (unpaired) electrons. The van der Waals surface area contributed by atoms with Crippen LogP contribution in [0.25, 0.3) is 0 Å². The van der Waals surface area contributed by atoms with E-state index in [1.807, 2.05) is 12.3 Å². The first-order valence-electron chi connectivity index (χ1n) is 4.90. The molecule has 1 saturated heterocycles. The average Bonchev–Trinajstić information content (AvgIpc) is 2.53. The minimum absolute atomic E-state index is 0.351. The van der Waals surface area contributed by atoms with Crippen LogP contribution in [0, 0.1) is 0 Å². The Labute approximate surface area is 74.6 Å². The Balaban J connectivity index is 2.20. The van der Waals surface area contributed by atoms with Gasteiger partial charge in [-0.3, -0.25) is 9.88 Å². The van der Waals surface area contributed by atoms with Crippen LogP contribution in [0.4, 0.5) is 0 Å². The van der Waals surface area contributed by atoms with Gasteiger partial charge in [0.1, 0.15) is 0 Å². The molecule has 0 bridgehead atoms. The van der Waals surface area contributed by atoms with Crippen LogP contribution in [0.3, 0.4) is 0 Å². The Morgan fingerprint density at radius 1 is 1.75 bits per heavy atom. The van der Waals surface area contributed by atoms with Crippen molar-refractivity contribution >= 4 is 0 Å². The summed E-state index contributed by atoms with van der Waals surface area (Å²) in [5.41, 5.74) is 1.25. The van der Waals surface area contributed by atoms with Gasteiger partial charge in [0.05, 0.1) is 1.37 Å². The van der Waals surface area contributed by atoms with Crippen molar-refractivity contribution in [1.82, 2.24) is 9.88 Å². The van der Waals surface area contributed by atoms with Crippen molar-refractivity contribution in [1.29, 1.82) is 0 Å². The van der Waals surface area contributed by atoms with Gasteiger partial charge in [0, 0.05) is 18.4 Å². The highest BCUT2D eigenvalue weighted by molar-refractivity contribution is 5.14. The molecular formula is C10H14N2. The van der Waals surface area contributed by atoms with E-state index < -0.39 is 0 Å². The van der Waals surface area contributed by atoms with E-state index in [4.69, 9.17) is 1.37 Å². The monoisotopic (exact) mass is 163 g/mol. The molecule has 0 spiro atoms. The second-order valence-electron chi connectivity index (χ2n) is 3.36. The van der Waals surface area contributed by atoms with E-state index in [0.717, 1.165) is 0 Å². The smallest absolute Gasteiger partial charge is 0.0840 e. The van der Waals surface area contributed by atoms with Gasteiger partial charge in [-0.25, -0.2) is 0 Å². The molecule has 1 aromatic rings. The first kappa shape index (κ1) is 6.61. The predicted molar refractivity (Wildman–Crippen MR) is 48.8 cm³/mol. The molecular weight excluding hydrogens is 148 g/mol. The Morgan fingerprint density at radius 3 is 3.25 bits per heavy atom. The number of pyridine rings is 1. The van der Waals surface area contributed by atoms with Crippen LogP contribution in [0.1, 0.15) is 25.8 Å². The van der Waals surface area contributed by atoms with Gasteiger partial charge in [0.15, 0.2) is 0 Å². The van der Waals surface area contributed by atoms with Crippen molar-refractivity contribution in [3.05, 3.63) is 30.1 Å². The maximum absolute atomic E-state index is 7.29. The first-order valence-corrected chi connectivity index (χ1v) is 4.40. The summed E-state index contributed by atoms with van der Waals surface area (Å²) in [4.78, 5) is 6.35. The number of rotatable bonds is 1. The molecule has 2 heterocycles. The fraction of sp³-hybridized carbons (Fsp3) is 0.500. The highest BCUT2D eigenvalue weighted by Gasteiger charge is 2.21. The molecule has 0 amide bonds. The molecule has 0 unspecified atom stereocenters. The van der Waals surface area contributed by atoms with Crippen molar-refractivity contribution in [3.8, 4) is 0 Å². The van der Waals surface area contributed by atoms with Crippen LogP contribution in [-0.4, -0.2) is 23.5 Å². The zero-order valence-electron chi connectivity index (χ0n) is 8.33. The molecule has 2 rings (SSSR count). The van der Waals surface area contributed by atoms with E-state index in [0.29, 0.717) is 12.2 Å². The Bertz CT molecular complexity index is 283. The summed E-state index contributed by atoms with van der Waals surface area (Å²) in [6.45, 7) is 1.17. The molecule has 0 saturated carbocycles. The van der Waals surface area contributed by atoms with Gasteiger partial charge in [-0.1, -0.05) is 6.07 Å². The number of likely N-dealkylation sites (tertiary alicyclic amines) is 1. The maximum atomic E-state index is 7.29. The van der Waals surface area contributed by atoms with Crippen LogP contribution in [0.2, 0.25) is 0 Å². The van der Waals surface area contributed by atoms with E-state index in [-0.39, 0.29) is 0 Å². The van der Waals surface area contributed by atoms with Gasteiger partial charge in [-0.15, -0.1) is 0 Å². The van der Waals surface area contributed by atoms with Crippen molar-refractivity contribution in [2.45, 2.75) is 18.9 Å². The molecule has 64 valence electrons. The van der Waals surface area contributed by atoms with Gasteiger partial charge in [0.25, 0.3) is 0 Å². The lowest BCUT2D eigenvalue weighted by Crippen LogP contribution is -2.17. The Morgan fingerprint density at radius 2 is 2.67 bits per heavy atom. The van der Waals surface area contributed by atoms with Crippen LogP contribution >= 0.6 is 0 Å². The average molecular weight is 163 g/mol. The minimum atomic E-state index is 0.351. The number of hydrogen-bond acceptors (Lipinski definition) is 2. The third-order valence-corrected chi connectivity index (χ3v) is 2.54. The van der Waals surface area contributed by atoms with Crippen molar-refractivity contribution < 1.29 is 1.37 Å². The summed E-state index contributed by atoms with van der Waals surface area (Å²) in [7, 11) is 2.15. The van der Waals surface area contributed by atoms with Crippen molar-refractivity contribution in [2.24, 2.45) is 0 Å². The molecule has 1 atom stereocenters. The van der Waals surface area contributed by atoms with E-state index >= 15 is 0 Å². The molecule has 0 N–H and O–H groups in total. The minimum Gasteiger partial charge on any atom is -0.299 e. The third kappa shape index (κ3) is 1.34. The van der Waals surface area contributed by atoms with Crippen LogP contribution in [-0.2, 0) is 0 Å². The van der Waals surface area contributed by atoms with Crippen molar-refractivity contribution in [3.63, 3.8) is 0 Å². The summed E-state index contributed by atoms with van der Waals surface area (Å²) in [6.07, 6.45) is 4.66. The fourth-order valence-corrected chi connectivity index (χ4v) is 1.86. The summed E-state index contributed by atoms with van der Waals surface area (Å²) < 4.78 is 7.29. The molecule has 2 nitrogen and oxygen atoms in total. The van der Waals surface area contributed by atoms with Crippen LogP contribution < -0.4 is 0 Å². The molecule has 1 aromatic heterocycles. The Hall–Kier alpha value is -0.890. The van der Waals surface area contributed by atoms with E-state index in [9.17, 15) is 0 Å². The number of aromatic nitrogens is 1. The molecule has 0 aliphatic carbocycles. The molecule has 12 heavy (non-hydrogen) atoms. The predicted octanol–water partition coefficient (Wildman–Crippen LogP) is 1.85. The summed E-state index contributed by atoms with van der Waals surface area (Å²) in [5.74, 6) is 0. The SMILES string of the molecule is [2H]c1ccc([C@@H]2CCCN2C)cn1. The quantitative estimate of drug-likeness (QED) is 0.628.